The molecule has 0 heterocycles. The predicted octanol–water partition coefficient (Wildman–Crippen LogP) is 5.86. The van der Waals surface area contributed by atoms with Crippen molar-refractivity contribution in [3.8, 4) is 0 Å². The molecule has 3 rings (SSSR count). The number of halogens is 1. The Labute approximate surface area is 390 Å². The maximum atomic E-state index is 11.9. The van der Waals surface area contributed by atoms with Crippen molar-refractivity contribution in [2.45, 2.75) is 194 Å². The minimum absolute atomic E-state index is 0. The summed E-state index contributed by atoms with van der Waals surface area (Å²) < 4.78 is 10.6. The first kappa shape index (κ1) is 60.8. The molecule has 3 aliphatic rings. The Morgan fingerprint density at radius 2 is 1.02 bits per heavy atom. The number of ketones is 1. The number of Topliss-reactive ketones (excluding diaryl/α,β-unsaturated/α-hetero) is 1. The molecule has 0 aromatic rings. The molecular formula is C46H84BrN5O12. The van der Waals surface area contributed by atoms with Crippen molar-refractivity contribution in [1.29, 1.82) is 0 Å². The summed E-state index contributed by atoms with van der Waals surface area (Å²) in [6.45, 7) is 14.1. The topological polar surface area (TPSA) is 287 Å². The van der Waals surface area contributed by atoms with Crippen LogP contribution in [0.1, 0.15) is 171 Å². The molecule has 18 heteroatoms. The molecule has 17 nitrogen and oxygen atoms in total. The Hall–Kier alpha value is -3.19. The summed E-state index contributed by atoms with van der Waals surface area (Å²) in [6.07, 6.45) is 10.9. The predicted molar refractivity (Wildman–Crippen MR) is 250 cm³/mol. The van der Waals surface area contributed by atoms with Crippen LogP contribution in [0.15, 0.2) is 0 Å². The standard InChI is InChI=1S/C17H32N2O4.C15H24O5.C13H24BrN3O3.CH4/c1-16(2,3)23-15(22)6-9-17(12-14(20)21)7-4-13(5-8-17)19-11-10-18;1-14(2,3)20-13(19)6-9-15(10-12(17)18)7-4-11(16)5-8-15;14-8-11(18)17-6-5-16-10-1-3-13(9-15,4-2-10)7-12(19)20;/h13,19H,4-12,18H2,1-3H3,(H,20,21);4-10H2,1-3H3,(H,17,18);10,16H,1-9,15H2,(H,17,18)(H,19,20);1H4. The number of alkyl halides is 1. The molecule has 0 atom stereocenters. The van der Waals surface area contributed by atoms with E-state index in [1.165, 1.54) is 0 Å². The van der Waals surface area contributed by atoms with Crippen molar-refractivity contribution in [1.82, 2.24) is 16.0 Å². The number of carbonyl (C=O) groups is 7. The molecule has 0 unspecified atom stereocenters. The van der Waals surface area contributed by atoms with Crippen LogP contribution in [0.3, 0.4) is 0 Å². The van der Waals surface area contributed by atoms with E-state index in [0.717, 1.165) is 64.5 Å². The lowest BCUT2D eigenvalue weighted by Crippen LogP contribution is -2.44. The van der Waals surface area contributed by atoms with Gasteiger partial charge in [-0.15, -0.1) is 0 Å². The first-order valence-electron chi connectivity index (χ1n) is 22.6. The lowest BCUT2D eigenvalue weighted by Gasteiger charge is -2.39. The zero-order valence-corrected chi connectivity index (χ0v) is 40.5. The van der Waals surface area contributed by atoms with Crippen LogP contribution in [0.5, 0.6) is 0 Å². The molecule has 0 bridgehead atoms. The van der Waals surface area contributed by atoms with Crippen molar-refractivity contribution in [2.75, 3.05) is 38.1 Å². The van der Waals surface area contributed by atoms with Crippen LogP contribution in [-0.4, -0.2) is 118 Å². The number of esters is 2. The Morgan fingerprint density at radius 1 is 0.641 bits per heavy atom. The summed E-state index contributed by atoms with van der Waals surface area (Å²) in [6, 6.07) is 0.798. The molecule has 0 aliphatic heterocycles. The molecule has 3 saturated carbocycles. The van der Waals surface area contributed by atoms with Gasteiger partial charge in [-0.2, -0.15) is 0 Å². The Kier molecular flexibility index (Phi) is 28.0. The number of carbonyl (C=O) groups excluding carboxylic acids is 4. The van der Waals surface area contributed by atoms with E-state index < -0.39 is 34.5 Å². The fraction of sp³-hybridized carbons (Fsp3) is 0.848. The third-order valence-electron chi connectivity index (χ3n) is 12.1. The van der Waals surface area contributed by atoms with Crippen LogP contribution in [0, 0.1) is 16.2 Å². The van der Waals surface area contributed by atoms with Gasteiger partial charge in [0.15, 0.2) is 0 Å². The lowest BCUT2D eigenvalue weighted by molar-refractivity contribution is -0.157. The number of hydrogen-bond donors (Lipinski definition) is 8. The van der Waals surface area contributed by atoms with Crippen molar-refractivity contribution in [3.05, 3.63) is 0 Å². The second kappa shape index (κ2) is 29.4. The van der Waals surface area contributed by atoms with Crippen molar-refractivity contribution >= 4 is 57.5 Å². The molecule has 0 aromatic heterocycles. The molecular weight excluding hydrogens is 894 g/mol. The highest BCUT2D eigenvalue weighted by Crippen LogP contribution is 2.44. The van der Waals surface area contributed by atoms with E-state index in [4.69, 9.17) is 31.2 Å². The van der Waals surface area contributed by atoms with Gasteiger partial charge < -0.3 is 52.2 Å². The van der Waals surface area contributed by atoms with Gasteiger partial charge in [0, 0.05) is 63.9 Å². The van der Waals surface area contributed by atoms with Crippen LogP contribution in [0.2, 0.25) is 0 Å². The van der Waals surface area contributed by atoms with E-state index in [-0.39, 0.29) is 74.0 Å². The summed E-state index contributed by atoms with van der Waals surface area (Å²) in [5.41, 5.74) is 9.29. The summed E-state index contributed by atoms with van der Waals surface area (Å²) in [4.78, 5) is 79.2. The smallest absolute Gasteiger partial charge is 0.306 e. The van der Waals surface area contributed by atoms with E-state index in [0.29, 0.717) is 75.6 Å². The highest BCUT2D eigenvalue weighted by Gasteiger charge is 2.39. The number of nitrogens with two attached hydrogens (primary N) is 2. The number of aliphatic carboxylic acids is 3. The summed E-state index contributed by atoms with van der Waals surface area (Å²) >= 11 is 3.09. The Balaban J connectivity index is 0.000000926. The van der Waals surface area contributed by atoms with Gasteiger partial charge in [-0.05, 0) is 141 Å². The third-order valence-corrected chi connectivity index (χ3v) is 12.6. The molecule has 3 fully saturated rings. The van der Waals surface area contributed by atoms with Crippen molar-refractivity contribution < 1.29 is 58.4 Å². The van der Waals surface area contributed by atoms with Crippen LogP contribution in [0.25, 0.3) is 0 Å². The quantitative estimate of drug-likeness (QED) is 0.0380. The lowest BCUT2D eigenvalue weighted by atomic mass is 9.68. The molecule has 0 aromatic carbocycles. The highest BCUT2D eigenvalue weighted by atomic mass is 79.9. The maximum absolute atomic E-state index is 11.9. The van der Waals surface area contributed by atoms with Crippen LogP contribution in [0.4, 0.5) is 0 Å². The molecule has 372 valence electrons. The first-order valence-corrected chi connectivity index (χ1v) is 23.7. The summed E-state index contributed by atoms with van der Waals surface area (Å²) in [5.74, 6) is -2.81. The van der Waals surface area contributed by atoms with Crippen LogP contribution in [-0.2, 0) is 43.0 Å². The van der Waals surface area contributed by atoms with Gasteiger partial charge in [-0.1, -0.05) is 23.4 Å². The van der Waals surface area contributed by atoms with Crippen LogP contribution < -0.4 is 27.4 Å². The molecule has 1 amide bonds. The van der Waals surface area contributed by atoms with E-state index in [1.54, 1.807) is 20.8 Å². The van der Waals surface area contributed by atoms with E-state index in [2.05, 4.69) is 31.9 Å². The van der Waals surface area contributed by atoms with Crippen LogP contribution >= 0.6 is 15.9 Å². The van der Waals surface area contributed by atoms with Gasteiger partial charge in [0.1, 0.15) is 17.0 Å². The van der Waals surface area contributed by atoms with E-state index in [1.807, 2.05) is 20.8 Å². The van der Waals surface area contributed by atoms with Crippen molar-refractivity contribution in [2.24, 2.45) is 27.7 Å². The zero-order chi connectivity index (χ0) is 47.9. The van der Waals surface area contributed by atoms with Gasteiger partial charge in [0.05, 0.1) is 24.6 Å². The average Bonchev–Trinajstić information content (AvgIpc) is 3.18. The zero-order valence-electron chi connectivity index (χ0n) is 38.9. The van der Waals surface area contributed by atoms with Gasteiger partial charge in [-0.3, -0.25) is 33.6 Å². The number of carboxylic acids is 3. The largest absolute Gasteiger partial charge is 0.481 e. The Morgan fingerprint density at radius 3 is 1.38 bits per heavy atom. The molecule has 0 radical (unpaired) electrons. The number of ether oxygens (including phenoxy) is 2. The maximum Gasteiger partial charge on any atom is 0.306 e. The number of rotatable bonds is 21. The Bertz CT molecular complexity index is 1460. The second-order valence-corrected chi connectivity index (χ2v) is 20.4. The minimum atomic E-state index is -0.872. The van der Waals surface area contributed by atoms with Crippen molar-refractivity contribution in [3.63, 3.8) is 0 Å². The van der Waals surface area contributed by atoms with E-state index in [9.17, 15) is 38.7 Å². The van der Waals surface area contributed by atoms with E-state index >= 15 is 0 Å². The molecule has 0 saturated heterocycles. The molecule has 10 N–H and O–H groups in total. The van der Waals surface area contributed by atoms with Gasteiger partial charge in [-0.25, -0.2) is 0 Å². The fourth-order valence-corrected chi connectivity index (χ4v) is 8.90. The van der Waals surface area contributed by atoms with Gasteiger partial charge >= 0.3 is 29.8 Å². The minimum Gasteiger partial charge on any atom is -0.481 e. The highest BCUT2D eigenvalue weighted by molar-refractivity contribution is 9.09. The third kappa shape index (κ3) is 26.7. The number of amides is 1. The second-order valence-electron chi connectivity index (χ2n) is 19.9. The summed E-state index contributed by atoms with van der Waals surface area (Å²) in [7, 11) is 0. The number of hydrogen-bond acceptors (Lipinski definition) is 13. The number of nitrogens with one attached hydrogen (secondary N) is 3. The monoisotopic (exact) mass is 978 g/mol. The van der Waals surface area contributed by atoms with Gasteiger partial charge in [0.25, 0.3) is 0 Å². The first-order chi connectivity index (χ1) is 29.3. The fourth-order valence-electron chi connectivity index (χ4n) is 8.71. The molecule has 64 heavy (non-hydrogen) atoms. The normalized spacial score (nSPS) is 23.0. The molecule has 0 spiro atoms. The van der Waals surface area contributed by atoms with Gasteiger partial charge in [0.2, 0.25) is 5.91 Å². The average molecular weight is 979 g/mol. The summed E-state index contributed by atoms with van der Waals surface area (Å²) in [5, 5.41) is 37.1. The molecule has 3 aliphatic carbocycles. The SMILES string of the molecule is C.CC(C)(C)OC(=O)CCC1(CC(=O)O)CCC(=O)CC1.CC(C)(C)OC(=O)CCC1(CC(=O)O)CCC(NCCN)CC1.NCC1(CC(=O)O)CCC(NCCNC(=O)CBr)CC1. The number of carboxylic acid groups (broad SMARTS) is 3.